The van der Waals surface area contributed by atoms with Gasteiger partial charge in [-0.25, -0.2) is 4.79 Å². The minimum Gasteiger partial charge on any atom is -0.356 e. The summed E-state index contributed by atoms with van der Waals surface area (Å²) in [6, 6.07) is 0. The lowest BCUT2D eigenvalue weighted by Crippen LogP contribution is -2.33. The Kier molecular flexibility index (Phi) is 5.50. The fourth-order valence-corrected chi connectivity index (χ4v) is 3.80. The number of nitrogens with one attached hydrogen (secondary N) is 1. The van der Waals surface area contributed by atoms with Crippen molar-refractivity contribution in [3.05, 3.63) is 12.2 Å². The molecule has 3 unspecified atom stereocenters. The highest BCUT2D eigenvalue weighted by atomic mass is 16.7. The summed E-state index contributed by atoms with van der Waals surface area (Å²) in [5, 5.41) is 3.56. The number of carbonyl (C=O) groups excluding carboxylic acids is 4. The third-order valence-corrected chi connectivity index (χ3v) is 5.17. The molecular formula is C18H24N2O5. The van der Waals surface area contributed by atoms with Crippen LogP contribution in [0.2, 0.25) is 0 Å². The number of fused-ring (bicyclic) bond motifs is 2. The first-order chi connectivity index (χ1) is 12.0. The first-order valence-corrected chi connectivity index (χ1v) is 9.07. The monoisotopic (exact) mass is 348 g/mol. The SMILES string of the molecule is O=C(CCCCCNC(=O)C1CC2C=CC1C2)ON1C(=O)CCC1=O. The average molecular weight is 348 g/mol. The van der Waals surface area contributed by atoms with E-state index in [0.717, 1.165) is 25.7 Å². The summed E-state index contributed by atoms with van der Waals surface area (Å²) in [5.41, 5.74) is 0. The second-order valence-corrected chi connectivity index (χ2v) is 7.03. The standard InChI is InChI=1S/C18H24N2O5/c21-15-7-8-16(22)20(15)25-17(23)4-2-1-3-9-19-18(24)14-11-12-5-6-13(14)10-12/h5-6,12-14H,1-4,7-11H2,(H,19,24). The second kappa shape index (κ2) is 7.80. The Morgan fingerprint density at radius 2 is 1.84 bits per heavy atom. The molecule has 1 saturated carbocycles. The van der Waals surface area contributed by atoms with Crippen LogP contribution in [0.3, 0.4) is 0 Å². The number of amides is 3. The molecule has 7 nitrogen and oxygen atoms in total. The Hall–Kier alpha value is -2.18. The maximum absolute atomic E-state index is 12.1. The number of carbonyl (C=O) groups is 4. The van der Waals surface area contributed by atoms with Gasteiger partial charge in [-0.15, -0.1) is 5.06 Å². The number of hydrogen-bond donors (Lipinski definition) is 1. The normalized spacial score (nSPS) is 27.2. The van der Waals surface area contributed by atoms with E-state index in [4.69, 9.17) is 4.84 Å². The molecular weight excluding hydrogens is 324 g/mol. The molecule has 0 aromatic heterocycles. The van der Waals surface area contributed by atoms with Gasteiger partial charge in [0.2, 0.25) is 5.91 Å². The van der Waals surface area contributed by atoms with E-state index in [9.17, 15) is 19.2 Å². The first kappa shape index (κ1) is 17.6. The molecule has 1 aliphatic heterocycles. The van der Waals surface area contributed by atoms with Crippen LogP contribution in [-0.2, 0) is 24.0 Å². The first-order valence-electron chi connectivity index (χ1n) is 9.07. The summed E-state index contributed by atoms with van der Waals surface area (Å²) >= 11 is 0. The maximum atomic E-state index is 12.1. The van der Waals surface area contributed by atoms with Crippen molar-refractivity contribution >= 4 is 23.7 Å². The molecule has 25 heavy (non-hydrogen) atoms. The van der Waals surface area contributed by atoms with Crippen molar-refractivity contribution < 1.29 is 24.0 Å². The average Bonchev–Trinajstić information content (AvgIpc) is 3.30. The fourth-order valence-electron chi connectivity index (χ4n) is 3.80. The van der Waals surface area contributed by atoms with Crippen LogP contribution in [0.4, 0.5) is 0 Å². The maximum Gasteiger partial charge on any atom is 0.333 e. The summed E-state index contributed by atoms with van der Waals surface area (Å²) < 4.78 is 0. The van der Waals surface area contributed by atoms with E-state index in [1.807, 2.05) is 0 Å². The van der Waals surface area contributed by atoms with E-state index in [-0.39, 0.29) is 31.1 Å². The zero-order valence-electron chi connectivity index (χ0n) is 14.2. The van der Waals surface area contributed by atoms with Crippen molar-refractivity contribution in [2.45, 2.75) is 51.4 Å². The molecule has 2 fully saturated rings. The number of unbranched alkanes of at least 4 members (excludes halogenated alkanes) is 2. The zero-order chi connectivity index (χ0) is 17.8. The van der Waals surface area contributed by atoms with Crippen LogP contribution in [0.5, 0.6) is 0 Å². The Morgan fingerprint density at radius 3 is 2.48 bits per heavy atom. The molecule has 2 aliphatic carbocycles. The molecule has 1 N–H and O–H groups in total. The molecule has 3 rings (SSSR count). The smallest absolute Gasteiger partial charge is 0.333 e. The van der Waals surface area contributed by atoms with Gasteiger partial charge in [-0.2, -0.15) is 0 Å². The molecule has 0 aromatic rings. The van der Waals surface area contributed by atoms with Gasteiger partial charge in [-0.1, -0.05) is 18.6 Å². The van der Waals surface area contributed by atoms with E-state index in [2.05, 4.69) is 17.5 Å². The van der Waals surface area contributed by atoms with Gasteiger partial charge < -0.3 is 10.2 Å². The number of hydroxylamine groups is 2. The minimum atomic E-state index is -0.568. The molecule has 3 aliphatic rings. The Morgan fingerprint density at radius 1 is 1.08 bits per heavy atom. The lowest BCUT2D eigenvalue weighted by atomic mass is 9.93. The predicted octanol–water partition coefficient (Wildman–Crippen LogP) is 1.48. The highest BCUT2D eigenvalue weighted by Crippen LogP contribution is 2.43. The van der Waals surface area contributed by atoms with Crippen molar-refractivity contribution in [2.24, 2.45) is 17.8 Å². The Labute approximate surface area is 146 Å². The van der Waals surface area contributed by atoms with Crippen molar-refractivity contribution in [3.8, 4) is 0 Å². The molecule has 2 bridgehead atoms. The third kappa shape index (κ3) is 4.27. The van der Waals surface area contributed by atoms with E-state index >= 15 is 0 Å². The summed E-state index contributed by atoms with van der Waals surface area (Å²) in [6.07, 6.45) is 8.98. The van der Waals surface area contributed by atoms with E-state index < -0.39 is 17.8 Å². The number of rotatable bonds is 8. The van der Waals surface area contributed by atoms with Crippen LogP contribution in [0.15, 0.2) is 12.2 Å². The van der Waals surface area contributed by atoms with Crippen LogP contribution in [0, 0.1) is 17.8 Å². The minimum absolute atomic E-state index is 0.101. The molecule has 1 saturated heterocycles. The van der Waals surface area contributed by atoms with E-state index in [1.165, 1.54) is 0 Å². The van der Waals surface area contributed by atoms with E-state index in [0.29, 0.717) is 29.9 Å². The van der Waals surface area contributed by atoms with Gasteiger partial charge in [-0.05, 0) is 37.5 Å². The third-order valence-electron chi connectivity index (χ3n) is 5.17. The van der Waals surface area contributed by atoms with Gasteiger partial charge in [0.15, 0.2) is 0 Å². The molecule has 136 valence electrons. The molecule has 3 amide bonds. The summed E-state index contributed by atoms with van der Waals surface area (Å²) in [4.78, 5) is 51.3. The lowest BCUT2D eigenvalue weighted by Gasteiger charge is -2.17. The van der Waals surface area contributed by atoms with Gasteiger partial charge in [-0.3, -0.25) is 14.4 Å². The van der Waals surface area contributed by atoms with Crippen molar-refractivity contribution in [3.63, 3.8) is 0 Å². The van der Waals surface area contributed by atoms with Crippen molar-refractivity contribution in [2.75, 3.05) is 6.54 Å². The van der Waals surface area contributed by atoms with Crippen LogP contribution in [0.1, 0.15) is 51.4 Å². The van der Waals surface area contributed by atoms with Gasteiger partial charge in [0, 0.05) is 31.7 Å². The molecule has 7 heteroatoms. The highest BCUT2D eigenvalue weighted by molar-refractivity contribution is 6.01. The largest absolute Gasteiger partial charge is 0.356 e. The summed E-state index contributed by atoms with van der Waals surface area (Å²) in [6.45, 7) is 0.606. The number of nitrogens with zero attached hydrogens (tertiary/aromatic N) is 1. The molecule has 0 aromatic carbocycles. The van der Waals surface area contributed by atoms with Crippen LogP contribution in [0.25, 0.3) is 0 Å². The molecule has 0 spiro atoms. The van der Waals surface area contributed by atoms with Crippen molar-refractivity contribution in [1.29, 1.82) is 0 Å². The van der Waals surface area contributed by atoms with Gasteiger partial charge in [0.1, 0.15) is 0 Å². The van der Waals surface area contributed by atoms with Gasteiger partial charge >= 0.3 is 5.97 Å². The van der Waals surface area contributed by atoms with E-state index in [1.54, 1.807) is 0 Å². The quantitative estimate of drug-likeness (QED) is 0.407. The molecule has 3 atom stereocenters. The molecule has 1 heterocycles. The number of hydrogen-bond acceptors (Lipinski definition) is 5. The van der Waals surface area contributed by atoms with Crippen LogP contribution < -0.4 is 5.32 Å². The van der Waals surface area contributed by atoms with Crippen LogP contribution in [-0.4, -0.2) is 35.3 Å². The fraction of sp³-hybridized carbons (Fsp3) is 0.667. The summed E-state index contributed by atoms with van der Waals surface area (Å²) in [7, 11) is 0. The van der Waals surface area contributed by atoms with Gasteiger partial charge in [0.25, 0.3) is 11.8 Å². The Balaban J connectivity index is 1.23. The number of imide groups is 1. The summed E-state index contributed by atoms with van der Waals surface area (Å²) in [5.74, 6) is -0.228. The number of allylic oxidation sites excluding steroid dienone is 2. The van der Waals surface area contributed by atoms with Crippen LogP contribution >= 0.6 is 0 Å². The second-order valence-electron chi connectivity index (χ2n) is 7.03. The topological polar surface area (TPSA) is 92.8 Å². The van der Waals surface area contributed by atoms with Crippen molar-refractivity contribution in [1.82, 2.24) is 10.4 Å². The lowest BCUT2D eigenvalue weighted by molar-refractivity contribution is -0.197. The Bertz CT molecular complexity index is 584. The van der Waals surface area contributed by atoms with Gasteiger partial charge in [0.05, 0.1) is 0 Å². The molecule has 0 radical (unpaired) electrons. The zero-order valence-corrected chi connectivity index (χ0v) is 14.2. The predicted molar refractivity (Wildman–Crippen MR) is 87.5 cm³/mol. The highest BCUT2D eigenvalue weighted by Gasteiger charge is 2.39.